The molecule has 9 heteroatoms. The predicted molar refractivity (Wildman–Crippen MR) is 151 cm³/mol. The third kappa shape index (κ3) is 4.78. The molecule has 0 radical (unpaired) electrons. The molecule has 1 aliphatic rings. The second-order valence-corrected chi connectivity index (χ2v) is 10.2. The average molecular weight is 550 g/mol. The van der Waals surface area contributed by atoms with Crippen LogP contribution in [0, 0.1) is 0 Å². The summed E-state index contributed by atoms with van der Waals surface area (Å²) >= 11 is 19.2. The van der Waals surface area contributed by atoms with Crippen molar-refractivity contribution >= 4 is 51.8 Å². The van der Waals surface area contributed by atoms with Crippen molar-refractivity contribution in [2.75, 3.05) is 31.1 Å². The van der Waals surface area contributed by atoms with Gasteiger partial charge in [0, 0.05) is 54.0 Å². The number of aromatic nitrogens is 4. The number of rotatable bonds is 5. The molecule has 0 aliphatic carbocycles. The SMILES string of the molecule is Clc1ccc(-n2c(-c3ccccc3Cl)nc3c(N4CCN(Cc5ccccc5Cl)CC4)ncnc32)cc1. The van der Waals surface area contributed by atoms with Gasteiger partial charge < -0.3 is 4.90 Å². The van der Waals surface area contributed by atoms with Crippen LogP contribution in [0.3, 0.4) is 0 Å². The summed E-state index contributed by atoms with van der Waals surface area (Å²) in [6.45, 7) is 4.27. The van der Waals surface area contributed by atoms with E-state index >= 15 is 0 Å². The first-order valence-electron chi connectivity index (χ1n) is 12.0. The molecule has 1 aliphatic heterocycles. The molecule has 6 nitrogen and oxygen atoms in total. The monoisotopic (exact) mass is 548 g/mol. The van der Waals surface area contributed by atoms with Crippen LogP contribution in [-0.4, -0.2) is 50.6 Å². The van der Waals surface area contributed by atoms with Crippen LogP contribution in [-0.2, 0) is 6.54 Å². The topological polar surface area (TPSA) is 50.1 Å². The van der Waals surface area contributed by atoms with Crippen molar-refractivity contribution < 1.29 is 0 Å². The summed E-state index contributed by atoms with van der Waals surface area (Å²) in [5, 5.41) is 2.09. The van der Waals surface area contributed by atoms with Crippen molar-refractivity contribution in [2.24, 2.45) is 0 Å². The number of anilines is 1. The summed E-state index contributed by atoms with van der Waals surface area (Å²) in [5.41, 5.74) is 4.34. The van der Waals surface area contributed by atoms with Crippen molar-refractivity contribution in [3.8, 4) is 17.1 Å². The third-order valence-electron chi connectivity index (χ3n) is 6.65. The average Bonchev–Trinajstić information content (AvgIpc) is 3.31. The fraction of sp³-hybridized carbons (Fsp3) is 0.179. The fourth-order valence-corrected chi connectivity index (χ4v) is 5.30. The highest BCUT2D eigenvalue weighted by atomic mass is 35.5. The summed E-state index contributed by atoms with van der Waals surface area (Å²) < 4.78 is 2.02. The van der Waals surface area contributed by atoms with E-state index in [1.54, 1.807) is 6.33 Å². The fourth-order valence-electron chi connectivity index (χ4n) is 4.76. The van der Waals surface area contributed by atoms with Gasteiger partial charge in [0.15, 0.2) is 17.0 Å². The molecule has 1 saturated heterocycles. The lowest BCUT2D eigenvalue weighted by molar-refractivity contribution is 0.249. The minimum absolute atomic E-state index is 0.621. The zero-order chi connectivity index (χ0) is 25.4. The van der Waals surface area contributed by atoms with Crippen LogP contribution >= 0.6 is 34.8 Å². The molecule has 0 atom stereocenters. The Morgan fingerprint density at radius 2 is 1.43 bits per heavy atom. The predicted octanol–water partition coefficient (Wildman–Crippen LogP) is 6.76. The molecular weight excluding hydrogens is 527 g/mol. The molecule has 0 unspecified atom stereocenters. The van der Waals surface area contributed by atoms with Gasteiger partial charge in [0.25, 0.3) is 0 Å². The first kappa shape index (κ1) is 24.2. The lowest BCUT2D eigenvalue weighted by atomic mass is 10.2. The van der Waals surface area contributed by atoms with Gasteiger partial charge in [0.05, 0.1) is 5.02 Å². The Bertz CT molecular complexity index is 1560. The van der Waals surface area contributed by atoms with E-state index in [2.05, 4.69) is 25.8 Å². The van der Waals surface area contributed by atoms with E-state index in [1.165, 1.54) is 0 Å². The molecule has 1 fully saturated rings. The number of hydrogen-bond acceptors (Lipinski definition) is 5. The first-order chi connectivity index (χ1) is 18.1. The highest BCUT2D eigenvalue weighted by Crippen LogP contribution is 2.35. The molecule has 0 bridgehead atoms. The smallest absolute Gasteiger partial charge is 0.170 e. The Morgan fingerprint density at radius 3 is 2.16 bits per heavy atom. The molecule has 3 heterocycles. The molecule has 37 heavy (non-hydrogen) atoms. The summed E-state index contributed by atoms with van der Waals surface area (Å²) in [4.78, 5) is 19.1. The second-order valence-electron chi connectivity index (χ2n) is 8.95. The van der Waals surface area contributed by atoms with E-state index in [0.29, 0.717) is 15.9 Å². The van der Waals surface area contributed by atoms with E-state index in [1.807, 2.05) is 71.3 Å². The lowest BCUT2D eigenvalue weighted by Crippen LogP contribution is -2.46. The molecule has 3 aromatic carbocycles. The Balaban J connectivity index is 1.37. The molecule has 0 N–H and O–H groups in total. The van der Waals surface area contributed by atoms with Crippen molar-refractivity contribution in [1.82, 2.24) is 24.4 Å². The zero-order valence-corrected chi connectivity index (χ0v) is 22.1. The van der Waals surface area contributed by atoms with Gasteiger partial charge in [-0.3, -0.25) is 9.47 Å². The first-order valence-corrected chi connectivity index (χ1v) is 13.2. The summed E-state index contributed by atoms with van der Waals surface area (Å²) in [5.74, 6) is 1.53. The Kier molecular flexibility index (Phi) is 6.74. The van der Waals surface area contributed by atoms with Crippen molar-refractivity contribution in [2.45, 2.75) is 6.54 Å². The summed E-state index contributed by atoms with van der Waals surface area (Å²) in [6, 6.07) is 23.4. The Hall–Kier alpha value is -3.16. The van der Waals surface area contributed by atoms with Crippen LogP contribution in [0.15, 0.2) is 79.1 Å². The summed E-state index contributed by atoms with van der Waals surface area (Å²) in [6.07, 6.45) is 1.61. The van der Waals surface area contributed by atoms with Gasteiger partial charge in [0.1, 0.15) is 12.2 Å². The molecule has 2 aromatic heterocycles. The molecular formula is C28H23Cl3N6. The van der Waals surface area contributed by atoms with Gasteiger partial charge in [-0.05, 0) is 48.0 Å². The molecule has 0 amide bonds. The van der Waals surface area contributed by atoms with Gasteiger partial charge in [-0.1, -0.05) is 65.1 Å². The minimum Gasteiger partial charge on any atom is -0.352 e. The largest absolute Gasteiger partial charge is 0.352 e. The lowest BCUT2D eigenvalue weighted by Gasteiger charge is -2.35. The molecule has 5 aromatic rings. The number of fused-ring (bicyclic) bond motifs is 1. The van der Waals surface area contributed by atoms with Gasteiger partial charge >= 0.3 is 0 Å². The number of piperazine rings is 1. The maximum atomic E-state index is 6.62. The Morgan fingerprint density at radius 1 is 0.730 bits per heavy atom. The molecule has 186 valence electrons. The quantitative estimate of drug-likeness (QED) is 0.242. The van der Waals surface area contributed by atoms with Crippen LogP contribution in [0.2, 0.25) is 15.1 Å². The zero-order valence-electron chi connectivity index (χ0n) is 19.9. The van der Waals surface area contributed by atoms with Crippen LogP contribution in [0.4, 0.5) is 5.82 Å². The van der Waals surface area contributed by atoms with Crippen LogP contribution in [0.5, 0.6) is 0 Å². The van der Waals surface area contributed by atoms with Gasteiger partial charge in [-0.15, -0.1) is 0 Å². The minimum atomic E-state index is 0.621. The second kappa shape index (κ2) is 10.3. The number of hydrogen-bond donors (Lipinski definition) is 0. The maximum Gasteiger partial charge on any atom is 0.170 e. The molecule has 0 spiro atoms. The number of benzene rings is 3. The highest BCUT2D eigenvalue weighted by Gasteiger charge is 2.25. The summed E-state index contributed by atoms with van der Waals surface area (Å²) in [7, 11) is 0. The van der Waals surface area contributed by atoms with Crippen LogP contribution in [0.25, 0.3) is 28.2 Å². The van der Waals surface area contributed by atoms with E-state index in [9.17, 15) is 0 Å². The highest BCUT2D eigenvalue weighted by molar-refractivity contribution is 6.33. The standard InChI is InChI=1S/C28H23Cl3N6/c29-20-9-11-21(12-10-20)37-26(22-6-2-4-8-24(22)31)34-25-27(32-18-33-28(25)37)36-15-13-35(14-16-36)17-19-5-1-3-7-23(19)30/h1-12,18H,13-17H2. The van der Waals surface area contributed by atoms with Gasteiger partial charge in [-0.25, -0.2) is 15.0 Å². The van der Waals surface area contributed by atoms with Crippen molar-refractivity contribution in [3.63, 3.8) is 0 Å². The van der Waals surface area contributed by atoms with E-state index in [0.717, 1.165) is 71.5 Å². The Labute approximate surface area is 230 Å². The van der Waals surface area contributed by atoms with Gasteiger partial charge in [0.2, 0.25) is 0 Å². The van der Waals surface area contributed by atoms with Gasteiger partial charge in [-0.2, -0.15) is 0 Å². The normalized spacial score (nSPS) is 14.4. The van der Waals surface area contributed by atoms with Crippen LogP contribution in [0.1, 0.15) is 5.56 Å². The van der Waals surface area contributed by atoms with Crippen molar-refractivity contribution in [1.29, 1.82) is 0 Å². The number of imidazole rings is 1. The van der Waals surface area contributed by atoms with Crippen molar-refractivity contribution in [3.05, 3.63) is 99.8 Å². The maximum absolute atomic E-state index is 6.62. The third-order valence-corrected chi connectivity index (χ3v) is 7.60. The molecule has 0 saturated carbocycles. The number of halogens is 3. The molecule has 6 rings (SSSR count). The van der Waals surface area contributed by atoms with E-state index < -0.39 is 0 Å². The van der Waals surface area contributed by atoms with E-state index in [4.69, 9.17) is 39.8 Å². The van der Waals surface area contributed by atoms with E-state index in [-0.39, 0.29) is 0 Å². The number of nitrogens with zero attached hydrogens (tertiary/aromatic N) is 6. The van der Waals surface area contributed by atoms with Crippen LogP contribution < -0.4 is 4.90 Å².